The fourth-order valence-electron chi connectivity index (χ4n) is 1.36. The second kappa shape index (κ2) is 5.85. The molecular formula is C13H15BrO2. The molecule has 0 saturated carbocycles. The molecule has 0 aliphatic heterocycles. The van der Waals surface area contributed by atoms with Gasteiger partial charge in [0.2, 0.25) is 0 Å². The van der Waals surface area contributed by atoms with Gasteiger partial charge < -0.3 is 4.74 Å². The van der Waals surface area contributed by atoms with E-state index in [4.69, 9.17) is 4.74 Å². The third-order valence-electron chi connectivity index (χ3n) is 2.42. The number of esters is 1. The Hall–Kier alpha value is -1.09. The highest BCUT2D eigenvalue weighted by molar-refractivity contribution is 9.10. The van der Waals surface area contributed by atoms with E-state index >= 15 is 0 Å². The standard InChI is InChI=1S/C13H15BrO2/c1-4-16-13(15)10(3)9(2)11-7-5-6-8-12(11)14/h5-8H,4H2,1-3H3/b10-9-. The van der Waals surface area contributed by atoms with Gasteiger partial charge in [0.25, 0.3) is 0 Å². The van der Waals surface area contributed by atoms with Crippen LogP contribution in [-0.4, -0.2) is 12.6 Å². The van der Waals surface area contributed by atoms with Crippen molar-refractivity contribution in [1.29, 1.82) is 0 Å². The topological polar surface area (TPSA) is 26.3 Å². The van der Waals surface area contributed by atoms with Gasteiger partial charge in [0.15, 0.2) is 0 Å². The summed E-state index contributed by atoms with van der Waals surface area (Å²) in [5.41, 5.74) is 2.60. The monoisotopic (exact) mass is 282 g/mol. The second-order valence-electron chi connectivity index (χ2n) is 3.45. The summed E-state index contributed by atoms with van der Waals surface area (Å²) in [5.74, 6) is -0.254. The molecule has 16 heavy (non-hydrogen) atoms. The van der Waals surface area contributed by atoms with Crippen molar-refractivity contribution in [1.82, 2.24) is 0 Å². The zero-order valence-electron chi connectivity index (χ0n) is 9.71. The molecule has 0 heterocycles. The first-order valence-corrected chi connectivity index (χ1v) is 5.96. The molecule has 0 bridgehead atoms. The van der Waals surface area contributed by atoms with Gasteiger partial charge in [0, 0.05) is 10.0 Å². The molecule has 0 N–H and O–H groups in total. The largest absolute Gasteiger partial charge is 0.463 e. The molecule has 1 aromatic carbocycles. The molecule has 1 aromatic rings. The lowest BCUT2D eigenvalue weighted by molar-refractivity contribution is -0.138. The molecule has 0 fully saturated rings. The molecule has 0 saturated heterocycles. The van der Waals surface area contributed by atoms with Crippen molar-refractivity contribution in [2.75, 3.05) is 6.61 Å². The quantitative estimate of drug-likeness (QED) is 0.623. The van der Waals surface area contributed by atoms with Gasteiger partial charge in [-0.15, -0.1) is 0 Å². The first-order chi connectivity index (χ1) is 7.57. The Labute approximate surface area is 104 Å². The number of ether oxygens (including phenoxy) is 1. The molecule has 86 valence electrons. The van der Waals surface area contributed by atoms with Gasteiger partial charge in [-0.05, 0) is 38.0 Å². The van der Waals surface area contributed by atoms with Crippen LogP contribution in [0.4, 0.5) is 0 Å². The molecular weight excluding hydrogens is 268 g/mol. The third kappa shape index (κ3) is 2.95. The van der Waals surface area contributed by atoms with E-state index in [0.29, 0.717) is 12.2 Å². The van der Waals surface area contributed by atoms with Crippen molar-refractivity contribution in [2.24, 2.45) is 0 Å². The van der Waals surface area contributed by atoms with Crippen LogP contribution in [0.15, 0.2) is 34.3 Å². The molecule has 0 unspecified atom stereocenters. The lowest BCUT2D eigenvalue weighted by Crippen LogP contribution is -2.06. The number of hydrogen-bond acceptors (Lipinski definition) is 2. The van der Waals surface area contributed by atoms with E-state index in [1.807, 2.05) is 31.2 Å². The number of halogens is 1. The van der Waals surface area contributed by atoms with Crippen LogP contribution in [0.5, 0.6) is 0 Å². The Morgan fingerprint density at radius 1 is 1.31 bits per heavy atom. The molecule has 0 aliphatic carbocycles. The zero-order chi connectivity index (χ0) is 12.1. The zero-order valence-corrected chi connectivity index (χ0v) is 11.3. The van der Waals surface area contributed by atoms with Gasteiger partial charge in [-0.3, -0.25) is 0 Å². The number of allylic oxidation sites excluding steroid dienone is 1. The van der Waals surface area contributed by atoms with Crippen LogP contribution in [-0.2, 0) is 9.53 Å². The second-order valence-corrected chi connectivity index (χ2v) is 4.30. The molecule has 0 aromatic heterocycles. The van der Waals surface area contributed by atoms with Crippen LogP contribution in [0.2, 0.25) is 0 Å². The Morgan fingerprint density at radius 3 is 2.50 bits per heavy atom. The van der Waals surface area contributed by atoms with Crippen molar-refractivity contribution >= 4 is 27.5 Å². The number of benzene rings is 1. The van der Waals surface area contributed by atoms with Crippen molar-refractivity contribution in [3.05, 3.63) is 39.9 Å². The summed E-state index contributed by atoms with van der Waals surface area (Å²) in [6.45, 7) is 5.91. The molecule has 0 radical (unpaired) electrons. The minimum atomic E-state index is -0.254. The number of carbonyl (C=O) groups is 1. The summed E-state index contributed by atoms with van der Waals surface area (Å²) in [4.78, 5) is 11.6. The summed E-state index contributed by atoms with van der Waals surface area (Å²) in [6.07, 6.45) is 0. The molecule has 0 aliphatic rings. The normalized spacial score (nSPS) is 12.0. The molecule has 3 heteroatoms. The average molecular weight is 283 g/mol. The Bertz CT molecular complexity index is 422. The highest BCUT2D eigenvalue weighted by Crippen LogP contribution is 2.26. The van der Waals surface area contributed by atoms with Gasteiger partial charge >= 0.3 is 5.97 Å². The van der Waals surface area contributed by atoms with E-state index in [0.717, 1.165) is 15.6 Å². The molecule has 0 amide bonds. The predicted molar refractivity (Wildman–Crippen MR) is 69.0 cm³/mol. The Kier molecular flexibility index (Phi) is 4.74. The van der Waals surface area contributed by atoms with Crippen molar-refractivity contribution < 1.29 is 9.53 Å². The minimum absolute atomic E-state index is 0.254. The highest BCUT2D eigenvalue weighted by Gasteiger charge is 2.11. The Morgan fingerprint density at radius 2 is 1.94 bits per heavy atom. The number of hydrogen-bond donors (Lipinski definition) is 0. The first kappa shape index (κ1) is 13.0. The summed E-state index contributed by atoms with van der Waals surface area (Å²) in [6, 6.07) is 7.82. The van der Waals surface area contributed by atoms with Gasteiger partial charge in [0.05, 0.1) is 6.61 Å². The maximum atomic E-state index is 11.6. The van der Waals surface area contributed by atoms with Crippen molar-refractivity contribution in [2.45, 2.75) is 20.8 Å². The molecule has 2 nitrogen and oxygen atoms in total. The minimum Gasteiger partial charge on any atom is -0.463 e. The van der Waals surface area contributed by atoms with Crippen LogP contribution in [0.1, 0.15) is 26.3 Å². The smallest absolute Gasteiger partial charge is 0.333 e. The maximum absolute atomic E-state index is 11.6. The van der Waals surface area contributed by atoms with Gasteiger partial charge in [-0.1, -0.05) is 34.1 Å². The first-order valence-electron chi connectivity index (χ1n) is 5.17. The lowest BCUT2D eigenvalue weighted by atomic mass is 10.0. The summed E-state index contributed by atoms with van der Waals surface area (Å²) in [5, 5.41) is 0. The van der Waals surface area contributed by atoms with Gasteiger partial charge in [-0.2, -0.15) is 0 Å². The fourth-order valence-corrected chi connectivity index (χ4v) is 1.94. The summed E-state index contributed by atoms with van der Waals surface area (Å²) in [7, 11) is 0. The maximum Gasteiger partial charge on any atom is 0.333 e. The van der Waals surface area contributed by atoms with Crippen LogP contribution in [0, 0.1) is 0 Å². The predicted octanol–water partition coefficient (Wildman–Crippen LogP) is 3.81. The molecule has 0 atom stereocenters. The lowest BCUT2D eigenvalue weighted by Gasteiger charge is -2.09. The number of carbonyl (C=O) groups excluding carboxylic acids is 1. The highest BCUT2D eigenvalue weighted by atomic mass is 79.9. The third-order valence-corrected chi connectivity index (χ3v) is 3.11. The van der Waals surface area contributed by atoms with E-state index in [1.54, 1.807) is 13.8 Å². The van der Waals surface area contributed by atoms with E-state index < -0.39 is 0 Å². The number of rotatable bonds is 3. The van der Waals surface area contributed by atoms with E-state index in [9.17, 15) is 4.79 Å². The average Bonchev–Trinajstić information content (AvgIpc) is 2.28. The van der Waals surface area contributed by atoms with E-state index in [-0.39, 0.29) is 5.97 Å². The van der Waals surface area contributed by atoms with E-state index in [2.05, 4.69) is 15.9 Å². The molecule has 0 spiro atoms. The van der Waals surface area contributed by atoms with Crippen LogP contribution >= 0.6 is 15.9 Å². The fraction of sp³-hybridized carbons (Fsp3) is 0.308. The van der Waals surface area contributed by atoms with Gasteiger partial charge in [-0.25, -0.2) is 4.79 Å². The molecule has 1 rings (SSSR count). The summed E-state index contributed by atoms with van der Waals surface area (Å²) >= 11 is 3.47. The van der Waals surface area contributed by atoms with Crippen LogP contribution in [0.25, 0.3) is 5.57 Å². The van der Waals surface area contributed by atoms with Crippen molar-refractivity contribution in [3.63, 3.8) is 0 Å². The SMILES string of the molecule is CCOC(=O)/C(C)=C(/C)c1ccccc1Br. The van der Waals surface area contributed by atoms with Crippen LogP contribution in [0.3, 0.4) is 0 Å². The van der Waals surface area contributed by atoms with Crippen LogP contribution < -0.4 is 0 Å². The van der Waals surface area contributed by atoms with Gasteiger partial charge in [0.1, 0.15) is 0 Å². The summed E-state index contributed by atoms with van der Waals surface area (Å²) < 4.78 is 5.96. The Balaban J connectivity index is 3.09. The van der Waals surface area contributed by atoms with E-state index in [1.165, 1.54) is 0 Å². The van der Waals surface area contributed by atoms with Crippen molar-refractivity contribution in [3.8, 4) is 0 Å².